The summed E-state index contributed by atoms with van der Waals surface area (Å²) in [7, 11) is -1.38. The zero-order valence-electron chi connectivity index (χ0n) is 20.9. The van der Waals surface area contributed by atoms with Gasteiger partial charge in [0, 0.05) is 5.75 Å². The molecule has 2 unspecified atom stereocenters. The van der Waals surface area contributed by atoms with Gasteiger partial charge in [-0.25, -0.2) is 0 Å². The Morgan fingerprint density at radius 2 is 1.55 bits per heavy atom. The number of rotatable bonds is 8. The van der Waals surface area contributed by atoms with Crippen molar-refractivity contribution in [3.8, 4) is 0 Å². The first-order chi connectivity index (χ1) is 18.5. The summed E-state index contributed by atoms with van der Waals surface area (Å²) in [6.07, 6.45) is 0.247. The first kappa shape index (κ1) is 26.0. The van der Waals surface area contributed by atoms with Crippen molar-refractivity contribution in [2.45, 2.75) is 37.3 Å². The quantitative estimate of drug-likeness (QED) is 0.335. The Bertz CT molecular complexity index is 1350. The molecule has 0 aromatic heterocycles. The van der Waals surface area contributed by atoms with E-state index in [9.17, 15) is 13.8 Å². The van der Waals surface area contributed by atoms with Crippen molar-refractivity contribution >= 4 is 39.9 Å². The first-order valence-corrected chi connectivity index (χ1v) is 14.3. The minimum atomic E-state index is -1.38. The van der Waals surface area contributed by atoms with Crippen molar-refractivity contribution in [3.05, 3.63) is 119 Å². The normalized spacial score (nSPS) is 20.5. The predicted molar refractivity (Wildman–Crippen MR) is 151 cm³/mol. The molecular formula is C30H28N2O4S2. The molecule has 0 aliphatic carbocycles. The van der Waals surface area contributed by atoms with E-state index in [4.69, 9.17) is 17.0 Å². The first-order valence-electron chi connectivity index (χ1n) is 12.5. The van der Waals surface area contributed by atoms with Crippen LogP contribution >= 0.6 is 12.2 Å². The van der Waals surface area contributed by atoms with E-state index in [0.717, 1.165) is 22.3 Å². The Labute approximate surface area is 230 Å². The van der Waals surface area contributed by atoms with E-state index < -0.39 is 28.3 Å². The molecule has 0 saturated carbocycles. The molecule has 38 heavy (non-hydrogen) atoms. The minimum Gasteiger partial charge on any atom is -0.469 e. The number of nitrogens with zero attached hydrogens (tertiary/aromatic N) is 1. The van der Waals surface area contributed by atoms with Gasteiger partial charge in [0.15, 0.2) is 0 Å². The van der Waals surface area contributed by atoms with Crippen molar-refractivity contribution in [2.24, 2.45) is 0 Å². The van der Waals surface area contributed by atoms with Crippen LogP contribution < -0.4 is 5.32 Å². The number of hydrogen-bond donors (Lipinski definition) is 1. The monoisotopic (exact) mass is 544 g/mol. The second-order valence-corrected chi connectivity index (χ2v) is 11.1. The lowest BCUT2D eigenvalue weighted by Crippen LogP contribution is -2.73. The Morgan fingerprint density at radius 3 is 2.11 bits per heavy atom. The molecule has 6 nitrogen and oxygen atoms in total. The highest BCUT2D eigenvalue weighted by molar-refractivity contribution is 7.86. The fourth-order valence-electron chi connectivity index (χ4n) is 4.86. The Hall–Kier alpha value is -3.62. The molecule has 1 fully saturated rings. The van der Waals surface area contributed by atoms with Gasteiger partial charge in [0.05, 0.1) is 22.9 Å². The minimum absolute atomic E-state index is 0.143. The molecule has 2 aliphatic rings. The number of thiocarbonyl (C=S) groups is 1. The summed E-state index contributed by atoms with van der Waals surface area (Å²) in [4.78, 5) is 27.5. The molecular weight excluding hydrogens is 516 g/mol. The molecule has 1 saturated heterocycles. The second kappa shape index (κ2) is 11.4. The lowest BCUT2D eigenvalue weighted by Gasteiger charge is -2.50. The highest BCUT2D eigenvalue weighted by Crippen LogP contribution is 2.38. The molecule has 3 aromatic rings. The number of ether oxygens (including phenoxy) is 1. The van der Waals surface area contributed by atoms with Crippen LogP contribution in [-0.2, 0) is 31.5 Å². The molecule has 0 spiro atoms. The van der Waals surface area contributed by atoms with Crippen LogP contribution in [0.3, 0.4) is 0 Å². The summed E-state index contributed by atoms with van der Waals surface area (Å²) in [6.45, 7) is 1.95. The lowest BCUT2D eigenvalue weighted by atomic mass is 10.00. The topological polar surface area (TPSA) is 75.7 Å². The molecule has 5 rings (SSSR count). The van der Waals surface area contributed by atoms with Crippen LogP contribution in [0.2, 0.25) is 0 Å². The van der Waals surface area contributed by atoms with Gasteiger partial charge in [-0.15, -0.1) is 0 Å². The number of benzene rings is 3. The number of fused-ring (bicyclic) bond motifs is 1. The Balaban J connectivity index is 1.38. The number of amides is 2. The summed E-state index contributed by atoms with van der Waals surface area (Å²) in [6, 6.07) is 28.0. The Morgan fingerprint density at radius 1 is 1.00 bits per heavy atom. The molecule has 3 aromatic carbocycles. The average Bonchev–Trinajstić information content (AvgIpc) is 2.95. The average molecular weight is 545 g/mol. The van der Waals surface area contributed by atoms with E-state index in [-0.39, 0.29) is 29.0 Å². The summed E-state index contributed by atoms with van der Waals surface area (Å²) >= 11 is 5.80. The van der Waals surface area contributed by atoms with E-state index >= 15 is 0 Å². The maximum atomic E-state index is 13.4. The van der Waals surface area contributed by atoms with E-state index in [1.165, 1.54) is 4.90 Å². The van der Waals surface area contributed by atoms with Gasteiger partial charge in [-0.3, -0.25) is 18.7 Å². The third kappa shape index (κ3) is 5.19. The van der Waals surface area contributed by atoms with Gasteiger partial charge in [0.2, 0.25) is 11.0 Å². The van der Waals surface area contributed by atoms with Gasteiger partial charge < -0.3 is 10.1 Å². The lowest BCUT2D eigenvalue weighted by molar-refractivity contribution is -0.145. The van der Waals surface area contributed by atoms with E-state index in [0.29, 0.717) is 12.1 Å². The number of carbonyl (C=O) groups is 2. The summed E-state index contributed by atoms with van der Waals surface area (Å²) in [5, 5.41) is 2.30. The zero-order chi connectivity index (χ0) is 26.6. The van der Waals surface area contributed by atoms with Crippen LogP contribution in [0.25, 0.3) is 0 Å². The maximum Gasteiger partial charge on any atom is 0.254 e. The van der Waals surface area contributed by atoms with E-state index in [1.807, 2.05) is 97.9 Å². The van der Waals surface area contributed by atoms with Crippen LogP contribution in [0, 0.1) is 0 Å². The van der Waals surface area contributed by atoms with Gasteiger partial charge >= 0.3 is 0 Å². The molecule has 3 atom stereocenters. The van der Waals surface area contributed by atoms with Crippen LogP contribution in [0.4, 0.5) is 0 Å². The molecule has 8 heteroatoms. The molecule has 2 heterocycles. The van der Waals surface area contributed by atoms with Crippen LogP contribution in [0.5, 0.6) is 0 Å². The molecule has 2 aliphatic heterocycles. The van der Waals surface area contributed by atoms with Crippen LogP contribution in [0.15, 0.2) is 102 Å². The number of hydrogen-bond acceptors (Lipinski definition) is 5. The largest absolute Gasteiger partial charge is 0.469 e. The predicted octanol–water partition coefficient (Wildman–Crippen LogP) is 4.44. The van der Waals surface area contributed by atoms with Crippen molar-refractivity contribution in [3.63, 3.8) is 0 Å². The van der Waals surface area contributed by atoms with Gasteiger partial charge in [0.1, 0.15) is 17.5 Å². The van der Waals surface area contributed by atoms with Crippen molar-refractivity contribution in [1.29, 1.82) is 0 Å². The van der Waals surface area contributed by atoms with Crippen LogP contribution in [0.1, 0.15) is 36.1 Å². The van der Waals surface area contributed by atoms with Crippen molar-refractivity contribution in [2.75, 3.05) is 5.75 Å². The van der Waals surface area contributed by atoms with Gasteiger partial charge in [-0.05, 0) is 40.9 Å². The molecule has 0 bridgehead atoms. The van der Waals surface area contributed by atoms with E-state index in [1.54, 1.807) is 0 Å². The van der Waals surface area contributed by atoms with Gasteiger partial charge in [-0.1, -0.05) is 97.9 Å². The van der Waals surface area contributed by atoms with E-state index in [2.05, 4.69) is 5.32 Å². The zero-order valence-corrected chi connectivity index (χ0v) is 22.5. The third-order valence-corrected chi connectivity index (χ3v) is 8.72. The smallest absolute Gasteiger partial charge is 0.254 e. The molecule has 194 valence electrons. The second-order valence-electron chi connectivity index (χ2n) is 9.24. The third-order valence-electron chi connectivity index (χ3n) is 6.78. The molecule has 2 amide bonds. The number of β-lactam (4-membered cyclic amide) rings is 1. The SMILES string of the molecule is CCC1=C(C(=S)OC(c2ccccc2)c2ccccc2)N2C(=O)C(NC(=O)Cc3ccccc3)[C@H]2S(=O)C1. The highest BCUT2D eigenvalue weighted by atomic mass is 32.2. The summed E-state index contributed by atoms with van der Waals surface area (Å²) in [5.41, 5.74) is 4.01. The van der Waals surface area contributed by atoms with Gasteiger partial charge in [-0.2, -0.15) is 0 Å². The van der Waals surface area contributed by atoms with Crippen molar-refractivity contribution in [1.82, 2.24) is 10.2 Å². The van der Waals surface area contributed by atoms with Crippen LogP contribution in [-0.4, -0.2) is 43.1 Å². The molecule has 0 radical (unpaired) electrons. The molecule has 1 N–H and O–H groups in total. The summed E-state index contributed by atoms with van der Waals surface area (Å²) < 4.78 is 19.6. The number of carbonyl (C=O) groups excluding carboxylic acids is 2. The standard InChI is InChI=1S/C30H28N2O4S2/c1-2-21-19-38(35)29-25(31-24(33)18-20-12-6-3-7-13-20)28(34)32(29)26(21)30(37)36-27(22-14-8-4-9-15-22)23-16-10-5-11-17-23/h3-17,25,27,29H,2,18-19H2,1H3,(H,31,33)/t25?,29-,38?/m1/s1. The van der Waals surface area contributed by atoms with Gasteiger partial charge in [0.25, 0.3) is 5.91 Å². The van der Waals surface area contributed by atoms with Crippen molar-refractivity contribution < 1.29 is 18.5 Å². The number of nitrogens with one attached hydrogen (secondary N) is 1. The fourth-order valence-corrected chi connectivity index (χ4v) is 6.99. The fraction of sp³-hybridized carbons (Fsp3) is 0.233. The highest BCUT2D eigenvalue weighted by Gasteiger charge is 2.56. The maximum absolute atomic E-state index is 13.4. The Kier molecular flexibility index (Phi) is 7.81. The summed E-state index contributed by atoms with van der Waals surface area (Å²) in [5.74, 6) is -0.340.